The number of nitrogens with zero attached hydrogens (tertiary/aromatic N) is 3. The zero-order valence-electron chi connectivity index (χ0n) is 18.9. The molecule has 0 saturated heterocycles. The van der Waals surface area contributed by atoms with Crippen LogP contribution in [-0.2, 0) is 6.61 Å². The van der Waals surface area contributed by atoms with Crippen LogP contribution in [0.15, 0.2) is 78.9 Å². The van der Waals surface area contributed by atoms with Gasteiger partial charge in [0.2, 0.25) is 0 Å². The second kappa shape index (κ2) is 9.90. The number of rotatable bonds is 6. The molecule has 0 unspecified atom stereocenters. The van der Waals surface area contributed by atoms with E-state index in [2.05, 4.69) is 16.7 Å². The van der Waals surface area contributed by atoms with E-state index in [-0.39, 0.29) is 5.82 Å². The number of halogens is 1. The van der Waals surface area contributed by atoms with Crippen molar-refractivity contribution >= 4 is 11.6 Å². The maximum atomic E-state index is 13.6. The van der Waals surface area contributed by atoms with Crippen LogP contribution in [0.4, 0.5) is 4.39 Å². The molecule has 0 N–H and O–H groups in total. The van der Waals surface area contributed by atoms with Crippen molar-refractivity contribution in [2.45, 2.75) is 20.5 Å². The molecule has 0 aliphatic heterocycles. The fraction of sp³-hybridized carbons (Fsp3) is 0.103. The van der Waals surface area contributed by atoms with Gasteiger partial charge in [0.05, 0.1) is 23.3 Å². The van der Waals surface area contributed by atoms with Crippen LogP contribution in [0, 0.1) is 42.3 Å². The van der Waals surface area contributed by atoms with Crippen LogP contribution in [0.25, 0.3) is 17.3 Å². The Kier molecular flexibility index (Phi) is 6.57. The third-order valence-corrected chi connectivity index (χ3v) is 5.65. The summed E-state index contributed by atoms with van der Waals surface area (Å²) in [6.45, 7) is 4.31. The standard InChI is InChI=1S/C29H22FN3O/c1-20-14-25(15-26(18-32)22-8-5-9-27(30)16-22)21(2)33(20)28-10-12-29(13-11-28)34-19-24-7-4-3-6-23(24)17-31/h3-16H,19H2,1-2H3/b26-15-. The molecule has 166 valence electrons. The molecular formula is C29H22FN3O. The van der Waals surface area contributed by atoms with Crippen LogP contribution in [0.1, 0.15) is 33.6 Å². The van der Waals surface area contributed by atoms with Crippen molar-refractivity contribution < 1.29 is 9.13 Å². The van der Waals surface area contributed by atoms with Gasteiger partial charge in [-0.15, -0.1) is 0 Å². The second-order valence-electron chi connectivity index (χ2n) is 7.89. The van der Waals surface area contributed by atoms with Gasteiger partial charge in [-0.05, 0) is 79.6 Å². The molecular weight excluding hydrogens is 425 g/mol. The maximum absolute atomic E-state index is 13.6. The highest BCUT2D eigenvalue weighted by atomic mass is 19.1. The summed E-state index contributed by atoms with van der Waals surface area (Å²) in [7, 11) is 0. The summed E-state index contributed by atoms with van der Waals surface area (Å²) in [4.78, 5) is 0. The quantitative estimate of drug-likeness (QED) is 0.307. The zero-order chi connectivity index (χ0) is 24.1. The maximum Gasteiger partial charge on any atom is 0.123 e. The SMILES string of the molecule is Cc1cc(/C=C(/C#N)c2cccc(F)c2)c(C)n1-c1ccc(OCc2ccccc2C#N)cc1. The van der Waals surface area contributed by atoms with Gasteiger partial charge in [-0.2, -0.15) is 10.5 Å². The Bertz CT molecular complexity index is 1450. The Hall–Kier alpha value is -4.61. The van der Waals surface area contributed by atoms with Gasteiger partial charge in [-0.1, -0.05) is 30.3 Å². The van der Waals surface area contributed by atoms with Crippen LogP contribution in [0.2, 0.25) is 0 Å². The van der Waals surface area contributed by atoms with E-state index in [4.69, 9.17) is 4.74 Å². The van der Waals surface area contributed by atoms with E-state index in [9.17, 15) is 14.9 Å². The van der Waals surface area contributed by atoms with E-state index in [1.807, 2.05) is 62.4 Å². The third-order valence-electron chi connectivity index (χ3n) is 5.65. The van der Waals surface area contributed by atoms with Gasteiger partial charge in [-0.3, -0.25) is 0 Å². The third kappa shape index (κ3) is 4.75. The second-order valence-corrected chi connectivity index (χ2v) is 7.89. The zero-order valence-corrected chi connectivity index (χ0v) is 18.9. The topological polar surface area (TPSA) is 61.7 Å². The van der Waals surface area contributed by atoms with Crippen molar-refractivity contribution in [1.82, 2.24) is 4.57 Å². The molecule has 0 aliphatic rings. The number of aryl methyl sites for hydroxylation is 1. The Morgan fingerprint density at radius 1 is 0.971 bits per heavy atom. The van der Waals surface area contributed by atoms with E-state index < -0.39 is 0 Å². The lowest BCUT2D eigenvalue weighted by Crippen LogP contribution is -2.00. The molecule has 0 spiro atoms. The van der Waals surface area contributed by atoms with Crippen LogP contribution < -0.4 is 4.74 Å². The van der Waals surface area contributed by atoms with Crippen molar-refractivity contribution in [3.63, 3.8) is 0 Å². The van der Waals surface area contributed by atoms with E-state index in [0.717, 1.165) is 28.2 Å². The summed E-state index contributed by atoms with van der Waals surface area (Å²) < 4.78 is 21.6. The van der Waals surface area contributed by atoms with Crippen LogP contribution in [0.3, 0.4) is 0 Å². The van der Waals surface area contributed by atoms with Gasteiger partial charge in [0, 0.05) is 22.6 Å². The molecule has 1 heterocycles. The minimum atomic E-state index is -0.373. The molecule has 0 atom stereocenters. The molecule has 0 aliphatic carbocycles. The molecule has 4 aromatic rings. The predicted octanol–water partition coefficient (Wildman–Crippen LogP) is 6.75. The van der Waals surface area contributed by atoms with Crippen molar-refractivity contribution in [3.8, 4) is 23.6 Å². The molecule has 5 heteroatoms. The number of ether oxygens (including phenoxy) is 1. The molecule has 0 fully saturated rings. The van der Waals surface area contributed by atoms with Gasteiger partial charge in [-0.25, -0.2) is 4.39 Å². The lowest BCUT2D eigenvalue weighted by Gasteiger charge is -2.12. The summed E-state index contributed by atoms with van der Waals surface area (Å²) in [6.07, 6.45) is 1.79. The first-order valence-electron chi connectivity index (χ1n) is 10.8. The average Bonchev–Trinajstić information content (AvgIpc) is 3.14. The first-order chi connectivity index (χ1) is 16.5. The van der Waals surface area contributed by atoms with Crippen molar-refractivity contribution in [1.29, 1.82) is 10.5 Å². The molecule has 4 nitrogen and oxygen atoms in total. The summed E-state index contributed by atoms with van der Waals surface area (Å²) in [5.74, 6) is 0.333. The van der Waals surface area contributed by atoms with Gasteiger partial charge in [0.1, 0.15) is 18.2 Å². The normalized spacial score (nSPS) is 11.0. The Balaban J connectivity index is 1.57. The number of hydrogen-bond acceptors (Lipinski definition) is 3. The van der Waals surface area contributed by atoms with Crippen molar-refractivity contribution in [3.05, 3.63) is 118 Å². The highest BCUT2D eigenvalue weighted by molar-refractivity contribution is 5.90. The van der Waals surface area contributed by atoms with Crippen molar-refractivity contribution in [2.75, 3.05) is 0 Å². The monoisotopic (exact) mass is 447 g/mol. The van der Waals surface area contributed by atoms with Crippen LogP contribution in [0.5, 0.6) is 5.75 Å². The largest absolute Gasteiger partial charge is 0.489 e. The van der Waals surface area contributed by atoms with Crippen LogP contribution in [-0.4, -0.2) is 4.57 Å². The number of allylic oxidation sites excluding steroid dienone is 1. The summed E-state index contributed by atoms with van der Waals surface area (Å²) in [5.41, 5.74) is 6.24. The van der Waals surface area contributed by atoms with Gasteiger partial charge < -0.3 is 9.30 Å². The Morgan fingerprint density at radius 2 is 1.74 bits per heavy atom. The molecule has 1 aromatic heterocycles. The first-order valence-corrected chi connectivity index (χ1v) is 10.8. The Labute approximate surface area is 198 Å². The molecule has 3 aromatic carbocycles. The van der Waals surface area contributed by atoms with Gasteiger partial charge in [0.25, 0.3) is 0 Å². The molecule has 4 rings (SSSR count). The highest BCUT2D eigenvalue weighted by Crippen LogP contribution is 2.27. The van der Waals surface area contributed by atoms with Gasteiger partial charge in [0.15, 0.2) is 0 Å². The van der Waals surface area contributed by atoms with E-state index in [1.165, 1.54) is 12.1 Å². The number of aromatic nitrogens is 1. The van der Waals surface area contributed by atoms with Crippen LogP contribution >= 0.6 is 0 Å². The molecule has 0 amide bonds. The molecule has 0 bridgehead atoms. The minimum Gasteiger partial charge on any atom is -0.489 e. The highest BCUT2D eigenvalue weighted by Gasteiger charge is 2.12. The van der Waals surface area contributed by atoms with Gasteiger partial charge >= 0.3 is 0 Å². The van der Waals surface area contributed by atoms with E-state index >= 15 is 0 Å². The Morgan fingerprint density at radius 3 is 2.44 bits per heavy atom. The lowest BCUT2D eigenvalue weighted by atomic mass is 10.0. The number of benzene rings is 3. The molecule has 0 radical (unpaired) electrons. The molecule has 34 heavy (non-hydrogen) atoms. The number of hydrogen-bond donors (Lipinski definition) is 0. The fourth-order valence-corrected chi connectivity index (χ4v) is 3.93. The summed E-state index contributed by atoms with van der Waals surface area (Å²) in [6, 6.07) is 27.5. The number of nitriles is 2. The average molecular weight is 448 g/mol. The fourth-order valence-electron chi connectivity index (χ4n) is 3.93. The lowest BCUT2D eigenvalue weighted by molar-refractivity contribution is 0.306. The van der Waals surface area contributed by atoms with E-state index in [1.54, 1.807) is 24.3 Å². The summed E-state index contributed by atoms with van der Waals surface area (Å²) >= 11 is 0. The summed E-state index contributed by atoms with van der Waals surface area (Å²) in [5, 5.41) is 18.9. The first kappa shape index (κ1) is 22.6. The smallest absolute Gasteiger partial charge is 0.123 e. The molecule has 0 saturated carbocycles. The predicted molar refractivity (Wildman–Crippen MR) is 131 cm³/mol. The van der Waals surface area contributed by atoms with E-state index in [0.29, 0.717) is 29.1 Å². The van der Waals surface area contributed by atoms with Crippen molar-refractivity contribution in [2.24, 2.45) is 0 Å². The minimum absolute atomic E-state index is 0.316.